The number of fused-ring (bicyclic) bond motifs is 1. The third kappa shape index (κ3) is 8.98. The number of hydrogen-bond donors (Lipinski definition) is 5. The maximum absolute atomic E-state index is 12.9. The zero-order chi connectivity index (χ0) is 28.6. The van der Waals surface area contributed by atoms with Gasteiger partial charge in [-0.1, -0.05) is 55.1 Å². The van der Waals surface area contributed by atoms with E-state index in [0.29, 0.717) is 17.1 Å². The number of halogens is 4. The van der Waals surface area contributed by atoms with E-state index in [4.69, 9.17) is 21.5 Å². The molecule has 1 aromatic heterocycles. The maximum Gasteiger partial charge on any atom is 0.490 e. The third-order valence-corrected chi connectivity index (χ3v) is 6.88. The number of carbonyl (C=O) groups excluding carboxylic acids is 1. The molecule has 0 radical (unpaired) electrons. The Kier molecular flexibility index (Phi) is 10.8. The standard InChI is InChI=1S/C26H32ClN3O2.C2HF3O2/c1-17(28-16-24(31)18-7-5-8-20(27)14-18)13-19-15-29-25-22(19)11-6-12-23(25)26(32)30-21-9-3-2-4-10-21;3-2(4,5)1(6)7/h5-8,11-12,14-15,17,21,24,28-29,31H,2-4,9-10,13,16H2,1H3,(H,30,32);(H,6,7)/t17-,24+;/m1./s1. The lowest BCUT2D eigenvalue weighted by molar-refractivity contribution is -0.192. The third-order valence-electron chi connectivity index (χ3n) is 6.65. The summed E-state index contributed by atoms with van der Waals surface area (Å²) in [6.07, 6.45) is 2.88. The van der Waals surface area contributed by atoms with Crippen LogP contribution in [0.4, 0.5) is 13.2 Å². The van der Waals surface area contributed by atoms with Crippen molar-refractivity contribution in [2.75, 3.05) is 6.54 Å². The first-order chi connectivity index (χ1) is 18.5. The lowest BCUT2D eigenvalue weighted by Gasteiger charge is -2.22. The Balaban J connectivity index is 0.000000532. The van der Waals surface area contributed by atoms with Gasteiger partial charge in [0.05, 0.1) is 17.2 Å². The molecular weight excluding hydrogens is 535 g/mol. The number of hydrogen-bond acceptors (Lipinski definition) is 4. The predicted octanol–water partition coefficient (Wildman–Crippen LogP) is 5.77. The van der Waals surface area contributed by atoms with Crippen molar-refractivity contribution in [3.05, 3.63) is 70.4 Å². The number of aliphatic hydroxyl groups excluding tert-OH is 1. The number of para-hydroxylation sites is 1. The van der Waals surface area contributed by atoms with Crippen molar-refractivity contribution < 1.29 is 33.0 Å². The highest BCUT2D eigenvalue weighted by molar-refractivity contribution is 6.30. The molecule has 0 bridgehead atoms. The molecule has 1 aliphatic carbocycles. The first kappa shape index (κ1) is 30.5. The average Bonchev–Trinajstić information content (AvgIpc) is 3.30. The largest absolute Gasteiger partial charge is 0.490 e. The van der Waals surface area contributed by atoms with Crippen LogP contribution in [0.5, 0.6) is 0 Å². The zero-order valence-corrected chi connectivity index (χ0v) is 22.3. The van der Waals surface area contributed by atoms with Crippen LogP contribution in [0.1, 0.15) is 66.6 Å². The molecule has 1 saturated carbocycles. The second-order valence-corrected chi connectivity index (χ2v) is 10.2. The van der Waals surface area contributed by atoms with Gasteiger partial charge in [-0.2, -0.15) is 13.2 Å². The van der Waals surface area contributed by atoms with Gasteiger partial charge in [-0.15, -0.1) is 0 Å². The van der Waals surface area contributed by atoms with Gasteiger partial charge in [0, 0.05) is 35.2 Å². The summed E-state index contributed by atoms with van der Waals surface area (Å²) in [4.78, 5) is 25.1. The number of aromatic amines is 1. The fraction of sp³-hybridized carbons (Fsp3) is 0.429. The van der Waals surface area contributed by atoms with Crippen molar-refractivity contribution in [1.29, 1.82) is 0 Å². The van der Waals surface area contributed by atoms with E-state index in [2.05, 4.69) is 28.6 Å². The minimum absolute atomic E-state index is 0.00622. The molecule has 1 aliphatic rings. The summed E-state index contributed by atoms with van der Waals surface area (Å²) in [5.74, 6) is -2.75. The SMILES string of the molecule is C[C@H](Cc1c[nH]c2c(C(=O)NC3CCCCC3)cccc12)NC[C@H](O)c1cccc(Cl)c1.O=C(O)C(F)(F)F. The molecule has 3 aromatic rings. The number of alkyl halides is 3. The van der Waals surface area contributed by atoms with E-state index in [1.165, 1.54) is 19.3 Å². The van der Waals surface area contributed by atoms with Gasteiger partial charge in [0.1, 0.15) is 0 Å². The van der Waals surface area contributed by atoms with Crippen LogP contribution in [0.25, 0.3) is 10.9 Å². The molecule has 1 amide bonds. The van der Waals surface area contributed by atoms with Crippen molar-refractivity contribution >= 4 is 34.4 Å². The molecule has 39 heavy (non-hydrogen) atoms. The monoisotopic (exact) mass is 567 g/mol. The first-order valence-electron chi connectivity index (χ1n) is 12.8. The number of benzene rings is 2. The number of carbonyl (C=O) groups is 2. The van der Waals surface area contributed by atoms with Crippen molar-refractivity contribution in [2.45, 2.75) is 69.8 Å². The smallest absolute Gasteiger partial charge is 0.475 e. The first-order valence-corrected chi connectivity index (χ1v) is 13.2. The number of amides is 1. The van der Waals surface area contributed by atoms with Crippen LogP contribution >= 0.6 is 11.6 Å². The fourth-order valence-corrected chi connectivity index (χ4v) is 4.83. The van der Waals surface area contributed by atoms with Crippen molar-refractivity contribution in [3.63, 3.8) is 0 Å². The van der Waals surface area contributed by atoms with Crippen LogP contribution < -0.4 is 10.6 Å². The van der Waals surface area contributed by atoms with E-state index < -0.39 is 18.2 Å². The molecule has 1 heterocycles. The Morgan fingerprint density at radius 3 is 2.44 bits per heavy atom. The second kappa shape index (κ2) is 13.8. The van der Waals surface area contributed by atoms with Gasteiger partial charge in [-0.3, -0.25) is 4.79 Å². The van der Waals surface area contributed by atoms with Crippen LogP contribution in [-0.4, -0.2) is 51.9 Å². The molecule has 212 valence electrons. The molecule has 0 aliphatic heterocycles. The average molecular weight is 568 g/mol. The van der Waals surface area contributed by atoms with Gasteiger partial charge in [0.15, 0.2) is 0 Å². The topological polar surface area (TPSA) is 114 Å². The highest BCUT2D eigenvalue weighted by Crippen LogP contribution is 2.25. The number of aromatic nitrogens is 1. The fourth-order valence-electron chi connectivity index (χ4n) is 4.63. The highest BCUT2D eigenvalue weighted by Gasteiger charge is 2.38. The summed E-state index contributed by atoms with van der Waals surface area (Å²) in [7, 11) is 0. The van der Waals surface area contributed by atoms with Gasteiger partial charge < -0.3 is 25.8 Å². The van der Waals surface area contributed by atoms with Crippen LogP contribution in [0, 0.1) is 0 Å². The number of nitrogens with one attached hydrogen (secondary N) is 3. The second-order valence-electron chi connectivity index (χ2n) is 9.74. The molecule has 4 rings (SSSR count). The van der Waals surface area contributed by atoms with Gasteiger partial charge in [0.2, 0.25) is 0 Å². The quantitative estimate of drug-likeness (QED) is 0.237. The number of aliphatic carboxylic acids is 1. The number of aliphatic hydroxyl groups is 1. The summed E-state index contributed by atoms with van der Waals surface area (Å²) in [6.45, 7) is 2.54. The highest BCUT2D eigenvalue weighted by atomic mass is 35.5. The molecule has 0 spiro atoms. The van der Waals surface area contributed by atoms with E-state index in [-0.39, 0.29) is 18.0 Å². The Hall–Kier alpha value is -3.08. The zero-order valence-electron chi connectivity index (χ0n) is 21.5. The molecular formula is C28H33ClF3N3O4. The van der Waals surface area contributed by atoms with Gasteiger partial charge in [0.25, 0.3) is 5.91 Å². The Labute approximate surface area is 229 Å². The Morgan fingerprint density at radius 2 is 1.79 bits per heavy atom. The molecule has 7 nitrogen and oxygen atoms in total. The number of rotatable bonds is 8. The maximum atomic E-state index is 12.9. The van der Waals surface area contributed by atoms with Gasteiger partial charge in [-0.25, -0.2) is 4.79 Å². The van der Waals surface area contributed by atoms with Crippen LogP contribution in [0.2, 0.25) is 5.02 Å². The minimum atomic E-state index is -5.08. The number of H-pyrrole nitrogens is 1. The summed E-state index contributed by atoms with van der Waals surface area (Å²) < 4.78 is 31.7. The summed E-state index contributed by atoms with van der Waals surface area (Å²) >= 11 is 6.03. The predicted molar refractivity (Wildman–Crippen MR) is 144 cm³/mol. The Bertz CT molecular complexity index is 1260. The molecule has 2 atom stereocenters. The van der Waals surface area contributed by atoms with Crippen LogP contribution in [-0.2, 0) is 11.2 Å². The molecule has 0 saturated heterocycles. The van der Waals surface area contributed by atoms with Crippen molar-refractivity contribution in [2.24, 2.45) is 0 Å². The van der Waals surface area contributed by atoms with E-state index in [0.717, 1.165) is 41.3 Å². The van der Waals surface area contributed by atoms with E-state index in [1.807, 2.05) is 30.5 Å². The molecule has 11 heteroatoms. The Morgan fingerprint density at radius 1 is 1.13 bits per heavy atom. The van der Waals surface area contributed by atoms with E-state index in [9.17, 15) is 23.1 Å². The van der Waals surface area contributed by atoms with Gasteiger partial charge >= 0.3 is 12.1 Å². The van der Waals surface area contributed by atoms with Crippen molar-refractivity contribution in [1.82, 2.24) is 15.6 Å². The molecule has 5 N–H and O–H groups in total. The normalized spacial score (nSPS) is 15.7. The van der Waals surface area contributed by atoms with Crippen LogP contribution in [0.3, 0.4) is 0 Å². The molecule has 2 aromatic carbocycles. The van der Waals surface area contributed by atoms with Crippen molar-refractivity contribution in [3.8, 4) is 0 Å². The summed E-state index contributed by atoms with van der Waals surface area (Å²) in [5.41, 5.74) is 3.56. The minimum Gasteiger partial charge on any atom is -0.475 e. The number of carboxylic acids is 1. The lowest BCUT2D eigenvalue weighted by atomic mass is 9.95. The van der Waals surface area contributed by atoms with E-state index in [1.54, 1.807) is 12.1 Å². The number of carboxylic acid groups (broad SMARTS) is 1. The van der Waals surface area contributed by atoms with Gasteiger partial charge in [-0.05, 0) is 55.5 Å². The van der Waals surface area contributed by atoms with Crippen LogP contribution in [0.15, 0.2) is 48.7 Å². The molecule has 0 unspecified atom stereocenters. The summed E-state index contributed by atoms with van der Waals surface area (Å²) in [5, 5.41) is 25.9. The van der Waals surface area contributed by atoms with E-state index >= 15 is 0 Å². The summed E-state index contributed by atoms with van der Waals surface area (Å²) in [6, 6.07) is 13.7. The molecule has 1 fully saturated rings. The lowest BCUT2D eigenvalue weighted by Crippen LogP contribution is -2.36.